The fourth-order valence-corrected chi connectivity index (χ4v) is 2.38. The second kappa shape index (κ2) is 7.05. The lowest BCUT2D eigenvalue weighted by atomic mass is 9.84. The van der Waals surface area contributed by atoms with Crippen molar-refractivity contribution in [1.82, 2.24) is 5.32 Å². The van der Waals surface area contributed by atoms with Gasteiger partial charge in [0, 0.05) is 6.04 Å². The van der Waals surface area contributed by atoms with E-state index in [0.29, 0.717) is 0 Å². The molecule has 1 aliphatic carbocycles. The highest BCUT2D eigenvalue weighted by Crippen LogP contribution is 2.26. The molecule has 0 aliphatic heterocycles. The summed E-state index contributed by atoms with van der Waals surface area (Å²) in [7, 11) is 0. The van der Waals surface area contributed by atoms with E-state index in [1.54, 1.807) is 0 Å². The van der Waals surface area contributed by atoms with E-state index >= 15 is 0 Å². The van der Waals surface area contributed by atoms with Gasteiger partial charge in [-0.25, -0.2) is 0 Å². The first-order valence-electron chi connectivity index (χ1n) is 6.19. The highest BCUT2D eigenvalue weighted by atomic mass is 14.9. The van der Waals surface area contributed by atoms with E-state index in [2.05, 4.69) is 18.8 Å². The third-order valence-corrected chi connectivity index (χ3v) is 3.41. The largest absolute Gasteiger partial charge is 0.314 e. The summed E-state index contributed by atoms with van der Waals surface area (Å²) in [6.45, 7) is 7.25. The Bertz CT molecular complexity index is 147. The molecule has 0 radical (unpaired) electrons. The molecule has 0 aromatic heterocycles. The van der Waals surface area contributed by atoms with E-state index in [4.69, 9.17) is 0 Å². The van der Waals surface area contributed by atoms with Crippen LogP contribution in [0, 0.1) is 5.92 Å². The summed E-state index contributed by atoms with van der Waals surface area (Å²) in [5, 5.41) is 3.64. The number of hydrogen-bond acceptors (Lipinski definition) is 1. The monoisotopic (exact) mass is 195 g/mol. The standard InChI is InChI=1S/C13H25N/c1-3-4-8-11-14-12(2)13-9-6-5-7-10-13/h3,12-14H,1,4-11H2,2H3/t12-/m0/s1. The fraction of sp³-hybridized carbons (Fsp3) is 0.846. The van der Waals surface area contributed by atoms with Crippen molar-refractivity contribution in [2.24, 2.45) is 5.92 Å². The van der Waals surface area contributed by atoms with Gasteiger partial charge in [0.15, 0.2) is 0 Å². The maximum atomic E-state index is 3.74. The molecule has 1 aliphatic rings. The van der Waals surface area contributed by atoms with Gasteiger partial charge in [-0.1, -0.05) is 25.3 Å². The van der Waals surface area contributed by atoms with Crippen molar-refractivity contribution in [3.8, 4) is 0 Å². The summed E-state index contributed by atoms with van der Waals surface area (Å²) < 4.78 is 0. The third kappa shape index (κ3) is 4.28. The Balaban J connectivity index is 2.06. The molecular weight excluding hydrogens is 170 g/mol. The molecule has 1 nitrogen and oxygen atoms in total. The summed E-state index contributed by atoms with van der Waals surface area (Å²) in [6, 6.07) is 0.722. The molecular formula is C13H25N. The minimum atomic E-state index is 0.722. The summed E-state index contributed by atoms with van der Waals surface area (Å²) in [6.07, 6.45) is 11.6. The third-order valence-electron chi connectivity index (χ3n) is 3.41. The molecule has 0 heterocycles. The minimum Gasteiger partial charge on any atom is -0.314 e. The Morgan fingerprint density at radius 2 is 2.07 bits per heavy atom. The Morgan fingerprint density at radius 3 is 2.71 bits per heavy atom. The van der Waals surface area contributed by atoms with Crippen molar-refractivity contribution in [2.45, 2.75) is 57.9 Å². The Hall–Kier alpha value is -0.300. The summed E-state index contributed by atoms with van der Waals surface area (Å²) in [5.41, 5.74) is 0. The zero-order valence-corrected chi connectivity index (χ0v) is 9.60. The van der Waals surface area contributed by atoms with E-state index in [1.165, 1.54) is 38.5 Å². The van der Waals surface area contributed by atoms with Crippen LogP contribution in [0.5, 0.6) is 0 Å². The van der Waals surface area contributed by atoms with Crippen molar-refractivity contribution in [3.05, 3.63) is 12.7 Å². The Labute approximate surface area is 89.0 Å². The Kier molecular flexibility index (Phi) is 5.93. The zero-order valence-electron chi connectivity index (χ0n) is 9.60. The number of hydrogen-bond donors (Lipinski definition) is 1. The molecule has 14 heavy (non-hydrogen) atoms. The molecule has 0 unspecified atom stereocenters. The van der Waals surface area contributed by atoms with Crippen LogP contribution in [0.25, 0.3) is 0 Å². The molecule has 0 spiro atoms. The smallest absolute Gasteiger partial charge is 0.00669 e. The van der Waals surface area contributed by atoms with Crippen LogP contribution in [-0.4, -0.2) is 12.6 Å². The summed E-state index contributed by atoms with van der Waals surface area (Å²) >= 11 is 0. The van der Waals surface area contributed by atoms with Crippen LogP contribution < -0.4 is 5.32 Å². The van der Waals surface area contributed by atoms with Gasteiger partial charge < -0.3 is 5.32 Å². The zero-order chi connectivity index (χ0) is 10.2. The lowest BCUT2D eigenvalue weighted by molar-refractivity contribution is 0.281. The van der Waals surface area contributed by atoms with E-state index in [9.17, 15) is 0 Å². The molecule has 0 aromatic carbocycles. The minimum absolute atomic E-state index is 0.722. The number of rotatable bonds is 6. The van der Waals surface area contributed by atoms with Crippen LogP contribution in [0.4, 0.5) is 0 Å². The van der Waals surface area contributed by atoms with Crippen LogP contribution in [0.3, 0.4) is 0 Å². The van der Waals surface area contributed by atoms with Gasteiger partial charge >= 0.3 is 0 Å². The number of allylic oxidation sites excluding steroid dienone is 1. The van der Waals surface area contributed by atoms with Gasteiger partial charge in [0.1, 0.15) is 0 Å². The second-order valence-electron chi connectivity index (χ2n) is 4.57. The lowest BCUT2D eigenvalue weighted by Crippen LogP contribution is -2.35. The van der Waals surface area contributed by atoms with Crippen LogP contribution in [0.1, 0.15) is 51.9 Å². The van der Waals surface area contributed by atoms with Gasteiger partial charge in [-0.2, -0.15) is 0 Å². The topological polar surface area (TPSA) is 12.0 Å². The van der Waals surface area contributed by atoms with Gasteiger partial charge in [-0.3, -0.25) is 0 Å². The normalized spacial score (nSPS) is 20.6. The van der Waals surface area contributed by atoms with Crippen LogP contribution in [0.2, 0.25) is 0 Å². The average molecular weight is 195 g/mol. The first-order chi connectivity index (χ1) is 6.84. The van der Waals surface area contributed by atoms with Crippen molar-refractivity contribution in [3.63, 3.8) is 0 Å². The van der Waals surface area contributed by atoms with Crippen molar-refractivity contribution < 1.29 is 0 Å². The Morgan fingerprint density at radius 1 is 1.36 bits per heavy atom. The number of nitrogens with one attached hydrogen (secondary N) is 1. The van der Waals surface area contributed by atoms with Crippen LogP contribution >= 0.6 is 0 Å². The van der Waals surface area contributed by atoms with Crippen LogP contribution in [0.15, 0.2) is 12.7 Å². The van der Waals surface area contributed by atoms with E-state index < -0.39 is 0 Å². The summed E-state index contributed by atoms with van der Waals surface area (Å²) in [4.78, 5) is 0. The fourth-order valence-electron chi connectivity index (χ4n) is 2.38. The molecule has 1 atom stereocenters. The maximum Gasteiger partial charge on any atom is 0.00669 e. The SMILES string of the molecule is C=CCCCN[C@@H](C)C1CCCCC1. The highest BCUT2D eigenvalue weighted by molar-refractivity contribution is 4.76. The van der Waals surface area contributed by atoms with E-state index in [-0.39, 0.29) is 0 Å². The average Bonchev–Trinajstić information content (AvgIpc) is 2.25. The van der Waals surface area contributed by atoms with E-state index in [0.717, 1.165) is 24.9 Å². The van der Waals surface area contributed by atoms with Crippen molar-refractivity contribution in [2.75, 3.05) is 6.54 Å². The van der Waals surface area contributed by atoms with Gasteiger partial charge in [0.05, 0.1) is 0 Å². The molecule has 0 aromatic rings. The molecule has 82 valence electrons. The lowest BCUT2D eigenvalue weighted by Gasteiger charge is -2.28. The molecule has 0 bridgehead atoms. The molecule has 1 rings (SSSR count). The molecule has 1 N–H and O–H groups in total. The molecule has 0 amide bonds. The number of unbranched alkanes of at least 4 members (excludes halogenated alkanes) is 1. The molecule has 0 saturated heterocycles. The van der Waals surface area contributed by atoms with Crippen LogP contribution in [-0.2, 0) is 0 Å². The highest BCUT2D eigenvalue weighted by Gasteiger charge is 2.18. The molecule has 1 saturated carbocycles. The van der Waals surface area contributed by atoms with Crippen molar-refractivity contribution >= 4 is 0 Å². The molecule has 1 fully saturated rings. The van der Waals surface area contributed by atoms with Gasteiger partial charge in [-0.05, 0) is 45.1 Å². The summed E-state index contributed by atoms with van der Waals surface area (Å²) in [5.74, 6) is 0.937. The predicted octanol–water partition coefficient (Wildman–Crippen LogP) is 3.51. The van der Waals surface area contributed by atoms with Gasteiger partial charge in [0.2, 0.25) is 0 Å². The van der Waals surface area contributed by atoms with E-state index in [1.807, 2.05) is 6.08 Å². The first kappa shape index (κ1) is 11.8. The maximum absolute atomic E-state index is 3.74. The van der Waals surface area contributed by atoms with Gasteiger partial charge in [-0.15, -0.1) is 6.58 Å². The van der Waals surface area contributed by atoms with Gasteiger partial charge in [0.25, 0.3) is 0 Å². The van der Waals surface area contributed by atoms with Crippen molar-refractivity contribution in [1.29, 1.82) is 0 Å². The second-order valence-corrected chi connectivity index (χ2v) is 4.57. The first-order valence-corrected chi connectivity index (χ1v) is 6.19. The predicted molar refractivity (Wildman–Crippen MR) is 63.5 cm³/mol. The molecule has 1 heteroatoms. The quantitative estimate of drug-likeness (QED) is 0.505.